The van der Waals surface area contributed by atoms with E-state index in [4.69, 9.17) is 11.5 Å². The summed E-state index contributed by atoms with van der Waals surface area (Å²) in [4.78, 5) is 128. The number of unbranched alkanes of at least 4 members (excludes halogenated alkanes) is 2. The van der Waals surface area contributed by atoms with E-state index in [0.29, 0.717) is 25.7 Å². The van der Waals surface area contributed by atoms with Gasteiger partial charge < -0.3 is 64.2 Å². The molecule has 0 bridgehead atoms. The maximum Gasteiger partial charge on any atom is 0.305 e. The molecule has 8 atom stereocenters. The average Bonchev–Trinajstić information content (AvgIpc) is 3.08. The van der Waals surface area contributed by atoms with E-state index >= 15 is 0 Å². The summed E-state index contributed by atoms with van der Waals surface area (Å²) < 4.78 is 0. The molecule has 0 aromatic carbocycles. The predicted molar refractivity (Wildman–Crippen MR) is 188 cm³/mol. The molecule has 0 aliphatic carbocycles. The summed E-state index contributed by atoms with van der Waals surface area (Å²) >= 11 is 0. The second-order valence-electron chi connectivity index (χ2n) is 12.9. The molecule has 54 heavy (non-hydrogen) atoms. The molecule has 1 heterocycles. The number of nitrogens with two attached hydrogens (primary N) is 2. The topological polar surface area (TPSA) is 359 Å². The third-order valence-electron chi connectivity index (χ3n) is 8.19. The van der Waals surface area contributed by atoms with Crippen molar-refractivity contribution < 1.29 is 58.2 Å². The largest absolute Gasteiger partial charge is 0.481 e. The zero-order valence-electron chi connectivity index (χ0n) is 30.8. The lowest BCUT2D eigenvalue weighted by atomic mass is 10.1. The number of carbonyl (C=O) groups is 10. The summed E-state index contributed by atoms with van der Waals surface area (Å²) in [5.74, 6) is -10.6. The molecule has 0 aromatic rings. The molecule has 1 aliphatic rings. The fraction of sp³-hybridized carbons (Fsp3) is 0.688. The second-order valence-corrected chi connectivity index (χ2v) is 12.9. The number of nitrogens with one attached hydrogen (secondary N) is 8. The third-order valence-corrected chi connectivity index (χ3v) is 8.19. The van der Waals surface area contributed by atoms with Crippen LogP contribution < -0.4 is 54.0 Å². The highest BCUT2D eigenvalue weighted by atomic mass is 16.4. The van der Waals surface area contributed by atoms with E-state index in [0.717, 1.165) is 0 Å². The lowest BCUT2D eigenvalue weighted by Gasteiger charge is -2.26. The molecular weight excluding hydrogens is 716 g/mol. The van der Waals surface area contributed by atoms with Gasteiger partial charge in [0.1, 0.15) is 48.3 Å². The summed E-state index contributed by atoms with van der Waals surface area (Å²) in [5, 5.41) is 37.6. The fourth-order valence-corrected chi connectivity index (χ4v) is 5.00. The molecule has 8 amide bonds. The number of carboxylic acid groups (broad SMARTS) is 2. The molecule has 22 heteroatoms. The lowest BCUT2D eigenvalue weighted by Crippen LogP contribution is -2.60. The van der Waals surface area contributed by atoms with E-state index in [9.17, 15) is 58.2 Å². The molecule has 1 aliphatic heterocycles. The molecule has 14 N–H and O–H groups in total. The van der Waals surface area contributed by atoms with E-state index < -0.39 is 120 Å². The fourth-order valence-electron chi connectivity index (χ4n) is 5.00. The molecule has 0 spiro atoms. The van der Waals surface area contributed by atoms with Crippen molar-refractivity contribution in [2.75, 3.05) is 13.1 Å². The van der Waals surface area contributed by atoms with Gasteiger partial charge in [-0.15, -0.1) is 0 Å². The Labute approximate surface area is 311 Å². The van der Waals surface area contributed by atoms with Crippen LogP contribution in [0.2, 0.25) is 0 Å². The van der Waals surface area contributed by atoms with Crippen molar-refractivity contribution in [2.24, 2.45) is 11.5 Å². The number of aliphatic carboxylic acids is 2. The van der Waals surface area contributed by atoms with Crippen LogP contribution in [0.4, 0.5) is 0 Å². The van der Waals surface area contributed by atoms with Gasteiger partial charge in [0.25, 0.3) is 0 Å². The van der Waals surface area contributed by atoms with E-state index in [-0.39, 0.29) is 25.9 Å². The van der Waals surface area contributed by atoms with Crippen molar-refractivity contribution in [3.63, 3.8) is 0 Å². The van der Waals surface area contributed by atoms with Gasteiger partial charge in [0.2, 0.25) is 47.3 Å². The SMILES string of the molecule is C[C@H]1NC(=O)[C@H](CCCCN)NC(=O)[C@@H](C)NC(=O)[C@H](CC(=O)O)NC(=O)[C@@H](C)NC(=O)[C@H](CCCCN)NC(=O)[C@@H](C)NC(=O)[C@H](CC(=O)O)NC1=O. The van der Waals surface area contributed by atoms with E-state index in [1.165, 1.54) is 27.7 Å². The normalized spacial score (nSPS) is 27.4. The van der Waals surface area contributed by atoms with Gasteiger partial charge in [0, 0.05) is 0 Å². The van der Waals surface area contributed by atoms with Gasteiger partial charge >= 0.3 is 11.9 Å². The van der Waals surface area contributed by atoms with Crippen LogP contribution >= 0.6 is 0 Å². The highest BCUT2D eigenvalue weighted by Gasteiger charge is 2.34. The molecular formula is C32H54N10O12. The number of carbonyl (C=O) groups excluding carboxylic acids is 8. The minimum Gasteiger partial charge on any atom is -0.481 e. The second kappa shape index (κ2) is 23.3. The number of carboxylic acids is 2. The standard InChI is InChI=1S/C32H54N10O12/c1-15-25(47)39-19(9-5-7-11-33)29(51)35-18(4)28(50)42-22(14-24(45)46)32(54)38-16(2)26(48)40-20(10-6-8-12-34)30(52)36-17(3)27(49)41-21(13-23(43)44)31(53)37-15/h15-22H,5-14,33-34H2,1-4H3,(H,35,51)(H,36,52)(H,37,53)(H,38,54)(H,39,47)(H,40,48)(H,41,49)(H,42,50)(H,43,44)(H,45,46)/t15-,16-,17-,18-,19+,20+,21+,22+/m1/s1. The van der Waals surface area contributed by atoms with Gasteiger partial charge in [0.05, 0.1) is 12.8 Å². The zero-order chi connectivity index (χ0) is 41.1. The first-order valence-corrected chi connectivity index (χ1v) is 17.6. The predicted octanol–water partition coefficient (Wildman–Crippen LogP) is -4.83. The van der Waals surface area contributed by atoms with Gasteiger partial charge in [-0.1, -0.05) is 0 Å². The third kappa shape index (κ3) is 16.5. The van der Waals surface area contributed by atoms with Crippen LogP contribution in [0.5, 0.6) is 0 Å². The Kier molecular flexibility index (Phi) is 20.1. The van der Waals surface area contributed by atoms with Crippen LogP contribution in [0, 0.1) is 0 Å². The van der Waals surface area contributed by atoms with Gasteiger partial charge in [-0.2, -0.15) is 0 Å². The smallest absolute Gasteiger partial charge is 0.305 e. The lowest BCUT2D eigenvalue weighted by molar-refractivity contribution is -0.141. The molecule has 1 rings (SSSR count). The Balaban J connectivity index is 3.56. The van der Waals surface area contributed by atoms with E-state index in [1.54, 1.807) is 0 Å². The van der Waals surface area contributed by atoms with Crippen LogP contribution in [0.3, 0.4) is 0 Å². The van der Waals surface area contributed by atoms with Crippen LogP contribution in [0.15, 0.2) is 0 Å². The Hall–Kier alpha value is -5.38. The number of hydrogen-bond acceptors (Lipinski definition) is 12. The van der Waals surface area contributed by atoms with Gasteiger partial charge in [-0.05, 0) is 79.3 Å². The van der Waals surface area contributed by atoms with E-state index in [1.807, 2.05) is 0 Å². The number of amides is 8. The van der Waals surface area contributed by atoms with Crippen LogP contribution in [0.25, 0.3) is 0 Å². The van der Waals surface area contributed by atoms with Crippen LogP contribution in [0.1, 0.15) is 79.1 Å². The molecule has 0 aromatic heterocycles. The maximum absolute atomic E-state index is 13.3. The first-order chi connectivity index (χ1) is 25.3. The Bertz CT molecular complexity index is 1290. The number of rotatable bonds is 12. The molecule has 0 radical (unpaired) electrons. The van der Waals surface area contributed by atoms with Crippen molar-refractivity contribution in [1.82, 2.24) is 42.5 Å². The molecule has 0 saturated carbocycles. The van der Waals surface area contributed by atoms with Crippen molar-refractivity contribution in [2.45, 2.75) is 127 Å². The molecule has 1 saturated heterocycles. The zero-order valence-corrected chi connectivity index (χ0v) is 30.8. The molecule has 22 nitrogen and oxygen atoms in total. The van der Waals surface area contributed by atoms with Gasteiger partial charge in [-0.3, -0.25) is 47.9 Å². The Morgan fingerprint density at radius 2 is 0.667 bits per heavy atom. The Morgan fingerprint density at radius 3 is 0.907 bits per heavy atom. The van der Waals surface area contributed by atoms with Gasteiger partial charge in [-0.25, -0.2) is 0 Å². The number of hydrogen-bond donors (Lipinski definition) is 12. The van der Waals surface area contributed by atoms with E-state index in [2.05, 4.69) is 42.5 Å². The summed E-state index contributed by atoms with van der Waals surface area (Å²) in [6, 6.07) is -11.5. The summed E-state index contributed by atoms with van der Waals surface area (Å²) in [7, 11) is 0. The highest BCUT2D eigenvalue weighted by Crippen LogP contribution is 2.06. The van der Waals surface area contributed by atoms with Crippen molar-refractivity contribution in [3.8, 4) is 0 Å². The van der Waals surface area contributed by atoms with Crippen LogP contribution in [-0.2, 0) is 47.9 Å². The molecule has 1 fully saturated rings. The highest BCUT2D eigenvalue weighted by molar-refractivity contribution is 5.99. The van der Waals surface area contributed by atoms with Crippen LogP contribution in [-0.4, -0.2) is 131 Å². The summed E-state index contributed by atoms with van der Waals surface area (Å²) in [6.07, 6.45) is -0.163. The minimum atomic E-state index is -1.72. The average molecular weight is 771 g/mol. The first-order valence-electron chi connectivity index (χ1n) is 17.6. The van der Waals surface area contributed by atoms with Crippen molar-refractivity contribution in [1.29, 1.82) is 0 Å². The summed E-state index contributed by atoms with van der Waals surface area (Å²) in [5.41, 5.74) is 11.1. The molecule has 0 unspecified atom stereocenters. The maximum atomic E-state index is 13.3. The first kappa shape index (κ1) is 46.6. The molecule has 304 valence electrons. The van der Waals surface area contributed by atoms with Crippen molar-refractivity contribution >= 4 is 59.2 Å². The minimum absolute atomic E-state index is 0.0307. The Morgan fingerprint density at radius 1 is 0.426 bits per heavy atom. The summed E-state index contributed by atoms with van der Waals surface area (Å²) in [6.45, 7) is 5.46. The monoisotopic (exact) mass is 770 g/mol. The van der Waals surface area contributed by atoms with Crippen molar-refractivity contribution in [3.05, 3.63) is 0 Å². The quantitative estimate of drug-likeness (QED) is 0.0829. The van der Waals surface area contributed by atoms with Gasteiger partial charge in [0.15, 0.2) is 0 Å².